The molecule has 1 N–H and O–H groups in total. The molecule has 1 heterocycles. The lowest BCUT2D eigenvalue weighted by Gasteiger charge is -2.02. The van der Waals surface area contributed by atoms with Crippen LogP contribution in [-0.2, 0) is 11.2 Å². The minimum absolute atomic E-state index is 0.126. The van der Waals surface area contributed by atoms with Gasteiger partial charge >= 0.3 is 0 Å². The van der Waals surface area contributed by atoms with Crippen LogP contribution in [0, 0.1) is 12.7 Å². The van der Waals surface area contributed by atoms with Gasteiger partial charge in [0, 0.05) is 0 Å². The van der Waals surface area contributed by atoms with Crippen LogP contribution in [0.1, 0.15) is 11.1 Å². The van der Waals surface area contributed by atoms with Crippen LogP contribution in [0.15, 0.2) is 42.5 Å². The molecule has 0 saturated carbocycles. The molecule has 0 saturated heterocycles. The second kappa shape index (κ2) is 5.61. The second-order valence-electron chi connectivity index (χ2n) is 4.84. The summed E-state index contributed by atoms with van der Waals surface area (Å²) in [6.45, 7) is 2.00. The molecule has 0 bridgehead atoms. The molecule has 1 amide bonds. The third-order valence-electron chi connectivity index (χ3n) is 3.08. The number of hydrogen-bond acceptors (Lipinski definition) is 3. The number of nitrogens with one attached hydrogen (secondary N) is 1. The van der Waals surface area contributed by atoms with E-state index in [1.807, 2.05) is 31.2 Å². The van der Waals surface area contributed by atoms with Crippen molar-refractivity contribution < 1.29 is 9.18 Å². The number of rotatable bonds is 3. The molecule has 21 heavy (non-hydrogen) atoms. The Balaban J connectivity index is 1.72. The lowest BCUT2D eigenvalue weighted by atomic mass is 10.1. The Morgan fingerprint density at radius 2 is 2.00 bits per heavy atom. The third-order valence-corrected chi connectivity index (χ3v) is 4.02. The summed E-state index contributed by atoms with van der Waals surface area (Å²) in [7, 11) is 0. The summed E-state index contributed by atoms with van der Waals surface area (Å²) in [5.74, 6) is -0.429. The molecule has 0 aliphatic heterocycles. The summed E-state index contributed by atoms with van der Waals surface area (Å²) in [5.41, 5.74) is 2.80. The molecule has 0 aliphatic carbocycles. The minimum atomic E-state index is -0.302. The van der Waals surface area contributed by atoms with Crippen LogP contribution in [-0.4, -0.2) is 10.9 Å². The number of carbonyl (C=O) groups excluding carboxylic acids is 1. The monoisotopic (exact) mass is 300 g/mol. The van der Waals surface area contributed by atoms with Gasteiger partial charge < -0.3 is 5.32 Å². The topological polar surface area (TPSA) is 42.0 Å². The van der Waals surface area contributed by atoms with E-state index in [1.165, 1.54) is 23.5 Å². The molecule has 0 unspecified atom stereocenters. The van der Waals surface area contributed by atoms with Gasteiger partial charge in [-0.15, -0.1) is 0 Å². The van der Waals surface area contributed by atoms with Gasteiger partial charge in [-0.1, -0.05) is 41.2 Å². The first-order chi connectivity index (χ1) is 10.1. The lowest BCUT2D eigenvalue weighted by Crippen LogP contribution is -2.14. The number of anilines is 1. The highest BCUT2D eigenvalue weighted by molar-refractivity contribution is 7.22. The average Bonchev–Trinajstić information content (AvgIpc) is 2.82. The Morgan fingerprint density at radius 3 is 2.76 bits per heavy atom. The van der Waals surface area contributed by atoms with Crippen LogP contribution in [0.3, 0.4) is 0 Å². The summed E-state index contributed by atoms with van der Waals surface area (Å²) in [4.78, 5) is 16.3. The van der Waals surface area contributed by atoms with Crippen molar-refractivity contribution in [3.8, 4) is 0 Å². The van der Waals surface area contributed by atoms with Gasteiger partial charge in [0.05, 0.1) is 16.6 Å². The summed E-state index contributed by atoms with van der Waals surface area (Å²) < 4.78 is 13.8. The first-order valence-corrected chi connectivity index (χ1v) is 7.33. The van der Waals surface area contributed by atoms with Crippen molar-refractivity contribution in [2.45, 2.75) is 13.3 Å². The zero-order valence-corrected chi connectivity index (χ0v) is 12.2. The zero-order valence-electron chi connectivity index (χ0n) is 11.4. The zero-order chi connectivity index (χ0) is 14.8. The highest BCUT2D eigenvalue weighted by atomic mass is 32.1. The van der Waals surface area contributed by atoms with Gasteiger partial charge in [0.15, 0.2) is 5.13 Å². The number of carbonyl (C=O) groups is 1. The molecule has 5 heteroatoms. The fourth-order valence-electron chi connectivity index (χ4n) is 2.01. The molecule has 0 spiro atoms. The summed E-state index contributed by atoms with van der Waals surface area (Å²) in [6, 6.07) is 12.2. The molecule has 0 fully saturated rings. The molecule has 3 rings (SSSR count). The quantitative estimate of drug-likeness (QED) is 0.796. The molecular formula is C16H13FN2OS. The molecule has 0 aliphatic rings. The van der Waals surface area contributed by atoms with Gasteiger partial charge in [-0.3, -0.25) is 4.79 Å². The number of aryl methyl sites for hydroxylation is 1. The largest absolute Gasteiger partial charge is 0.302 e. The number of halogens is 1. The van der Waals surface area contributed by atoms with E-state index in [2.05, 4.69) is 10.3 Å². The Bertz CT molecular complexity index is 796. The normalized spacial score (nSPS) is 10.8. The Labute approximate surface area is 125 Å². The molecule has 2 aromatic carbocycles. The van der Waals surface area contributed by atoms with Crippen LogP contribution in [0.4, 0.5) is 9.52 Å². The Hall–Kier alpha value is -2.27. The maximum atomic E-state index is 13.1. The summed E-state index contributed by atoms with van der Waals surface area (Å²) >= 11 is 1.27. The van der Waals surface area contributed by atoms with Crippen molar-refractivity contribution in [2.75, 3.05) is 5.32 Å². The minimum Gasteiger partial charge on any atom is -0.302 e. The van der Waals surface area contributed by atoms with Crippen LogP contribution in [0.2, 0.25) is 0 Å². The van der Waals surface area contributed by atoms with Gasteiger partial charge in [-0.2, -0.15) is 0 Å². The summed E-state index contributed by atoms with van der Waals surface area (Å²) in [6.07, 6.45) is 0.296. The Kier molecular flexibility index (Phi) is 3.66. The molecule has 3 nitrogen and oxygen atoms in total. The van der Waals surface area contributed by atoms with Crippen LogP contribution >= 0.6 is 11.3 Å². The molecule has 0 atom stereocenters. The van der Waals surface area contributed by atoms with Gasteiger partial charge in [0.2, 0.25) is 5.91 Å². The number of aromatic nitrogens is 1. The molecule has 3 aromatic rings. The SMILES string of the molecule is Cc1ccc(CC(=O)Nc2nc3ccc(F)cc3s2)cc1. The Morgan fingerprint density at radius 1 is 1.24 bits per heavy atom. The van der Waals surface area contributed by atoms with Crippen molar-refractivity contribution in [1.82, 2.24) is 4.98 Å². The van der Waals surface area contributed by atoms with E-state index in [0.29, 0.717) is 17.1 Å². The molecule has 106 valence electrons. The second-order valence-corrected chi connectivity index (χ2v) is 5.87. The maximum absolute atomic E-state index is 13.1. The van der Waals surface area contributed by atoms with E-state index < -0.39 is 0 Å². The van der Waals surface area contributed by atoms with Crippen LogP contribution in [0.5, 0.6) is 0 Å². The summed E-state index contributed by atoms with van der Waals surface area (Å²) in [5, 5.41) is 3.25. The number of thiazole rings is 1. The van der Waals surface area contributed by atoms with Crippen LogP contribution < -0.4 is 5.32 Å². The van der Waals surface area contributed by atoms with Gasteiger partial charge in [0.1, 0.15) is 5.82 Å². The number of fused-ring (bicyclic) bond motifs is 1. The number of amides is 1. The first-order valence-electron chi connectivity index (χ1n) is 6.52. The standard InChI is InChI=1S/C16H13FN2OS/c1-10-2-4-11(5-3-10)8-15(20)19-16-18-13-7-6-12(17)9-14(13)21-16/h2-7,9H,8H2,1H3,(H,18,19,20). The highest BCUT2D eigenvalue weighted by Gasteiger charge is 2.09. The maximum Gasteiger partial charge on any atom is 0.230 e. The predicted octanol–water partition coefficient (Wildman–Crippen LogP) is 3.93. The van der Waals surface area contributed by atoms with Gasteiger partial charge in [-0.05, 0) is 30.7 Å². The van der Waals surface area contributed by atoms with Crippen LogP contribution in [0.25, 0.3) is 10.2 Å². The van der Waals surface area contributed by atoms with E-state index in [4.69, 9.17) is 0 Å². The van der Waals surface area contributed by atoms with Gasteiger partial charge in [0.25, 0.3) is 0 Å². The van der Waals surface area contributed by atoms with E-state index in [9.17, 15) is 9.18 Å². The van der Waals surface area contributed by atoms with Crippen molar-refractivity contribution in [3.05, 3.63) is 59.4 Å². The number of nitrogens with zero attached hydrogens (tertiary/aromatic N) is 1. The van der Waals surface area contributed by atoms with E-state index in [1.54, 1.807) is 6.07 Å². The van der Waals surface area contributed by atoms with E-state index in [0.717, 1.165) is 15.8 Å². The highest BCUT2D eigenvalue weighted by Crippen LogP contribution is 2.26. The molecular weight excluding hydrogens is 287 g/mol. The first kappa shape index (κ1) is 13.7. The fraction of sp³-hybridized carbons (Fsp3) is 0.125. The number of hydrogen-bond donors (Lipinski definition) is 1. The fourth-order valence-corrected chi connectivity index (χ4v) is 2.91. The third kappa shape index (κ3) is 3.25. The lowest BCUT2D eigenvalue weighted by molar-refractivity contribution is -0.115. The molecule has 1 aromatic heterocycles. The van der Waals surface area contributed by atoms with E-state index in [-0.39, 0.29) is 11.7 Å². The van der Waals surface area contributed by atoms with Crippen molar-refractivity contribution in [2.24, 2.45) is 0 Å². The van der Waals surface area contributed by atoms with Gasteiger partial charge in [-0.25, -0.2) is 9.37 Å². The number of benzene rings is 2. The van der Waals surface area contributed by atoms with Crippen molar-refractivity contribution in [3.63, 3.8) is 0 Å². The smallest absolute Gasteiger partial charge is 0.230 e. The average molecular weight is 300 g/mol. The molecule has 0 radical (unpaired) electrons. The van der Waals surface area contributed by atoms with Crippen molar-refractivity contribution in [1.29, 1.82) is 0 Å². The van der Waals surface area contributed by atoms with Crippen molar-refractivity contribution >= 4 is 32.6 Å². The predicted molar refractivity (Wildman–Crippen MR) is 83.1 cm³/mol. The van der Waals surface area contributed by atoms with E-state index >= 15 is 0 Å².